The van der Waals surface area contributed by atoms with E-state index in [1.54, 1.807) is 6.92 Å². The van der Waals surface area contributed by atoms with E-state index in [0.29, 0.717) is 6.20 Å². The van der Waals surface area contributed by atoms with Crippen molar-refractivity contribution in [2.75, 3.05) is 19.5 Å². The van der Waals surface area contributed by atoms with Crippen LogP contribution < -0.4 is 15.6 Å². The highest BCUT2D eigenvalue weighted by atomic mass is 35.5. The third kappa shape index (κ3) is 6.12. The molecule has 4 rings (SSSR count). The number of rotatable bonds is 8. The SMILES string of the molecule is CC[C@@H](C(=O)Nc1ccc(C(=O)OC)c(F)c1)n1cc(OC)c(-c2cc(Cl)ccc2-n2cc(C(F)(F)F)nn2)cc1=O. The Balaban J connectivity index is 1.72. The van der Waals surface area contributed by atoms with Gasteiger partial charge in [-0.3, -0.25) is 14.2 Å². The van der Waals surface area contributed by atoms with Gasteiger partial charge in [0.1, 0.15) is 17.6 Å². The molecule has 15 heteroatoms. The van der Waals surface area contributed by atoms with Crippen LogP contribution in [0.2, 0.25) is 5.02 Å². The van der Waals surface area contributed by atoms with Gasteiger partial charge in [-0.05, 0) is 42.8 Å². The van der Waals surface area contributed by atoms with Crippen molar-refractivity contribution in [1.29, 1.82) is 0 Å². The van der Waals surface area contributed by atoms with E-state index in [1.165, 1.54) is 37.6 Å². The number of anilines is 1. The van der Waals surface area contributed by atoms with Crippen LogP contribution in [0.3, 0.4) is 0 Å². The first kappa shape index (κ1) is 30.2. The number of methoxy groups -OCH3 is 2. The number of aromatic nitrogens is 4. The number of hydrogen-bond acceptors (Lipinski definition) is 7. The second-order valence-electron chi connectivity index (χ2n) is 8.81. The maximum Gasteiger partial charge on any atom is 0.436 e. The van der Waals surface area contributed by atoms with Gasteiger partial charge in [0.05, 0.1) is 37.9 Å². The lowest BCUT2D eigenvalue weighted by Gasteiger charge is -2.21. The van der Waals surface area contributed by atoms with Crippen molar-refractivity contribution < 1.29 is 36.6 Å². The number of ether oxygens (including phenoxy) is 2. The Labute approximate surface area is 240 Å². The highest BCUT2D eigenvalue weighted by Crippen LogP contribution is 2.36. The highest BCUT2D eigenvalue weighted by molar-refractivity contribution is 6.31. The van der Waals surface area contributed by atoms with Crippen LogP contribution in [0.4, 0.5) is 23.2 Å². The predicted octanol–water partition coefficient (Wildman–Crippen LogP) is 5.29. The number of amides is 1. The molecule has 2 aromatic carbocycles. The van der Waals surface area contributed by atoms with E-state index in [-0.39, 0.29) is 45.3 Å². The summed E-state index contributed by atoms with van der Waals surface area (Å²) in [5.41, 5.74) is -1.66. The maximum absolute atomic E-state index is 14.4. The lowest BCUT2D eigenvalue weighted by atomic mass is 10.0. The number of pyridine rings is 1. The number of esters is 1. The molecule has 0 saturated carbocycles. The minimum absolute atomic E-state index is 0.0369. The smallest absolute Gasteiger partial charge is 0.436 e. The van der Waals surface area contributed by atoms with Crippen molar-refractivity contribution in [3.8, 4) is 22.6 Å². The van der Waals surface area contributed by atoms with Crippen LogP contribution in [-0.4, -0.2) is 45.7 Å². The lowest BCUT2D eigenvalue weighted by molar-refractivity contribution is -0.141. The van der Waals surface area contributed by atoms with E-state index >= 15 is 0 Å². The summed E-state index contributed by atoms with van der Waals surface area (Å²) >= 11 is 6.18. The quantitative estimate of drug-likeness (QED) is 0.214. The fraction of sp³-hybridized carbons (Fsp3) is 0.222. The third-order valence-electron chi connectivity index (χ3n) is 6.21. The Bertz CT molecular complexity index is 1720. The number of nitrogens with one attached hydrogen (secondary N) is 1. The molecule has 10 nitrogen and oxygen atoms in total. The normalized spacial score (nSPS) is 12.1. The molecule has 1 N–H and O–H groups in total. The summed E-state index contributed by atoms with van der Waals surface area (Å²) in [5.74, 6) is -2.37. The molecule has 2 heterocycles. The molecule has 1 atom stereocenters. The first-order valence-electron chi connectivity index (χ1n) is 12.2. The molecule has 1 amide bonds. The van der Waals surface area contributed by atoms with Gasteiger partial charge in [-0.2, -0.15) is 13.2 Å². The predicted molar refractivity (Wildman–Crippen MR) is 143 cm³/mol. The first-order valence-corrected chi connectivity index (χ1v) is 12.5. The van der Waals surface area contributed by atoms with Crippen LogP contribution in [-0.2, 0) is 15.7 Å². The third-order valence-corrected chi connectivity index (χ3v) is 6.45. The molecule has 0 saturated heterocycles. The number of carbonyl (C=O) groups excluding carboxylic acids is 2. The Hall–Kier alpha value is -4.72. The van der Waals surface area contributed by atoms with Gasteiger partial charge in [0, 0.05) is 27.9 Å². The van der Waals surface area contributed by atoms with Gasteiger partial charge in [-0.15, -0.1) is 5.10 Å². The number of benzene rings is 2. The fourth-order valence-corrected chi connectivity index (χ4v) is 4.35. The molecule has 0 bridgehead atoms. The zero-order chi connectivity index (χ0) is 30.8. The Kier molecular flexibility index (Phi) is 8.66. The number of nitrogens with zero attached hydrogens (tertiary/aromatic N) is 4. The van der Waals surface area contributed by atoms with Crippen LogP contribution in [0.5, 0.6) is 5.75 Å². The van der Waals surface area contributed by atoms with Gasteiger partial charge in [0.25, 0.3) is 5.56 Å². The highest BCUT2D eigenvalue weighted by Gasteiger charge is 2.35. The van der Waals surface area contributed by atoms with Crippen molar-refractivity contribution in [3.05, 3.63) is 87.3 Å². The zero-order valence-corrected chi connectivity index (χ0v) is 23.0. The van der Waals surface area contributed by atoms with Crippen LogP contribution in [0.1, 0.15) is 35.4 Å². The van der Waals surface area contributed by atoms with E-state index in [9.17, 15) is 31.9 Å². The van der Waals surface area contributed by atoms with Crippen LogP contribution in [0.25, 0.3) is 16.8 Å². The second kappa shape index (κ2) is 12.0. The van der Waals surface area contributed by atoms with Crippen LogP contribution >= 0.6 is 11.6 Å². The molecule has 0 spiro atoms. The lowest BCUT2D eigenvalue weighted by Crippen LogP contribution is -2.32. The van der Waals surface area contributed by atoms with E-state index in [0.717, 1.165) is 34.6 Å². The largest absolute Gasteiger partial charge is 0.495 e. The minimum Gasteiger partial charge on any atom is -0.495 e. The molecular weight excluding hydrogens is 586 g/mol. The van der Waals surface area contributed by atoms with Gasteiger partial charge in [-0.25, -0.2) is 13.9 Å². The number of carbonyl (C=O) groups is 2. The summed E-state index contributed by atoms with van der Waals surface area (Å²) in [4.78, 5) is 38.1. The van der Waals surface area contributed by atoms with E-state index in [1.807, 2.05) is 0 Å². The van der Waals surface area contributed by atoms with Crippen LogP contribution in [0, 0.1) is 5.82 Å². The van der Waals surface area contributed by atoms with Crippen molar-refractivity contribution in [2.45, 2.75) is 25.6 Å². The number of alkyl halides is 3. The van der Waals surface area contributed by atoms with Crippen LogP contribution in [0.15, 0.2) is 59.7 Å². The zero-order valence-electron chi connectivity index (χ0n) is 22.2. The molecular formula is C27H22ClF4N5O5. The van der Waals surface area contributed by atoms with E-state index < -0.39 is 41.2 Å². The summed E-state index contributed by atoms with van der Waals surface area (Å²) in [6.07, 6.45) is -2.62. The summed E-state index contributed by atoms with van der Waals surface area (Å²) < 4.78 is 65.8. The molecule has 4 aromatic rings. The monoisotopic (exact) mass is 607 g/mol. The van der Waals surface area contributed by atoms with Gasteiger partial charge >= 0.3 is 12.1 Å². The standard InChI is InChI=1S/C27H22ClF4N5O5/c1-4-20(25(39)33-15-6-7-16(19(29)10-15)26(40)42-3)36-12-22(41-2)18(11-24(36)38)17-9-14(28)5-8-21(17)37-13-23(34-35-37)27(30,31)32/h5-13,20H,4H2,1-3H3,(H,33,39)/t20-/m0/s1. The summed E-state index contributed by atoms with van der Waals surface area (Å²) in [7, 11) is 2.41. The van der Waals surface area contributed by atoms with Crippen molar-refractivity contribution in [1.82, 2.24) is 19.6 Å². The summed E-state index contributed by atoms with van der Waals surface area (Å²) in [6, 6.07) is 7.73. The van der Waals surface area contributed by atoms with E-state index in [4.69, 9.17) is 16.3 Å². The molecule has 0 radical (unpaired) electrons. The molecule has 42 heavy (non-hydrogen) atoms. The van der Waals surface area contributed by atoms with Gasteiger partial charge in [-0.1, -0.05) is 23.7 Å². The Morgan fingerprint density at radius 2 is 1.81 bits per heavy atom. The number of halogens is 5. The molecule has 220 valence electrons. The maximum atomic E-state index is 14.4. The molecule has 0 unspecified atom stereocenters. The topological polar surface area (TPSA) is 117 Å². The van der Waals surface area contributed by atoms with Crippen molar-refractivity contribution in [2.24, 2.45) is 0 Å². The number of hydrogen-bond donors (Lipinski definition) is 1. The molecule has 0 fully saturated rings. The first-order chi connectivity index (χ1) is 19.9. The molecule has 0 aliphatic heterocycles. The molecule has 0 aliphatic carbocycles. The van der Waals surface area contributed by atoms with Gasteiger partial charge in [0.2, 0.25) is 5.91 Å². The average molecular weight is 608 g/mol. The molecule has 0 aliphatic rings. The van der Waals surface area contributed by atoms with Crippen molar-refractivity contribution >= 4 is 29.2 Å². The fourth-order valence-electron chi connectivity index (χ4n) is 4.18. The second-order valence-corrected chi connectivity index (χ2v) is 9.24. The van der Waals surface area contributed by atoms with Gasteiger partial charge in [0.15, 0.2) is 5.69 Å². The summed E-state index contributed by atoms with van der Waals surface area (Å²) in [5, 5.41) is 9.48. The van der Waals surface area contributed by atoms with Crippen molar-refractivity contribution in [3.63, 3.8) is 0 Å². The van der Waals surface area contributed by atoms with Gasteiger partial charge < -0.3 is 14.8 Å². The molecule has 2 aromatic heterocycles. The van der Waals surface area contributed by atoms with E-state index in [2.05, 4.69) is 20.4 Å². The Morgan fingerprint density at radius 3 is 2.40 bits per heavy atom. The summed E-state index contributed by atoms with van der Waals surface area (Å²) in [6.45, 7) is 1.65. The average Bonchev–Trinajstić information content (AvgIpc) is 3.45. The Morgan fingerprint density at radius 1 is 1.07 bits per heavy atom. The minimum atomic E-state index is -4.73.